The van der Waals surface area contributed by atoms with Crippen LogP contribution in [0.3, 0.4) is 0 Å². The number of hydrogen-bond donors (Lipinski definition) is 3. The van der Waals surface area contributed by atoms with E-state index in [1.165, 1.54) is 0 Å². The maximum absolute atomic E-state index is 9.77. The van der Waals surface area contributed by atoms with Gasteiger partial charge < -0.3 is 15.9 Å². The van der Waals surface area contributed by atoms with Crippen molar-refractivity contribution in [2.45, 2.75) is 43.7 Å². The van der Waals surface area contributed by atoms with Crippen LogP contribution >= 0.6 is 0 Å². The lowest BCUT2D eigenvalue weighted by Crippen LogP contribution is -2.39. The summed E-state index contributed by atoms with van der Waals surface area (Å²) >= 11 is 0. The Morgan fingerprint density at radius 2 is 1.91 bits per heavy atom. The first-order valence-electron chi connectivity index (χ1n) is 4.25. The van der Waals surface area contributed by atoms with Crippen LogP contribution in [-0.2, 0) is 0 Å². The van der Waals surface area contributed by atoms with Gasteiger partial charge in [0.05, 0.1) is 5.60 Å². The zero-order valence-electron chi connectivity index (χ0n) is 6.79. The Labute approximate surface area is 67.2 Å². The van der Waals surface area contributed by atoms with Crippen molar-refractivity contribution in [3.05, 3.63) is 0 Å². The molecule has 4 N–H and O–H groups in total. The molecule has 3 heteroatoms. The van der Waals surface area contributed by atoms with Gasteiger partial charge >= 0.3 is 0 Å². The Balaban J connectivity index is 2.35. The Kier molecular flexibility index (Phi) is 2.87. The molecular weight excluding hydrogens is 142 g/mol. The molecule has 0 atom stereocenters. The van der Waals surface area contributed by atoms with E-state index in [0.29, 0.717) is 6.42 Å². The largest absolute Gasteiger partial charge is 0.396 e. The second-order valence-electron chi connectivity index (χ2n) is 3.54. The van der Waals surface area contributed by atoms with Crippen molar-refractivity contribution in [3.8, 4) is 0 Å². The Morgan fingerprint density at radius 1 is 1.36 bits per heavy atom. The summed E-state index contributed by atoms with van der Waals surface area (Å²) in [4.78, 5) is 0. The van der Waals surface area contributed by atoms with E-state index >= 15 is 0 Å². The summed E-state index contributed by atoms with van der Waals surface area (Å²) in [6, 6.07) is 0.258. The molecule has 1 aliphatic rings. The summed E-state index contributed by atoms with van der Waals surface area (Å²) in [6.45, 7) is 0.0751. The van der Waals surface area contributed by atoms with Gasteiger partial charge in [-0.25, -0.2) is 0 Å². The second kappa shape index (κ2) is 3.52. The lowest BCUT2D eigenvalue weighted by atomic mass is 9.81. The van der Waals surface area contributed by atoms with Gasteiger partial charge in [-0.05, 0) is 32.1 Å². The lowest BCUT2D eigenvalue weighted by molar-refractivity contribution is -0.0197. The second-order valence-corrected chi connectivity index (χ2v) is 3.54. The third-order valence-electron chi connectivity index (χ3n) is 2.54. The van der Waals surface area contributed by atoms with E-state index in [2.05, 4.69) is 0 Å². The molecule has 1 rings (SSSR count). The summed E-state index contributed by atoms with van der Waals surface area (Å²) in [6.07, 6.45) is 3.76. The predicted octanol–water partition coefficient (Wildman–Crippen LogP) is 0.00120. The van der Waals surface area contributed by atoms with Gasteiger partial charge in [-0.15, -0.1) is 0 Å². The molecule has 0 spiro atoms. The topological polar surface area (TPSA) is 66.5 Å². The molecule has 11 heavy (non-hydrogen) atoms. The first-order chi connectivity index (χ1) is 5.16. The van der Waals surface area contributed by atoms with E-state index in [1.807, 2.05) is 0 Å². The number of aliphatic hydroxyl groups is 2. The molecule has 1 fully saturated rings. The summed E-state index contributed by atoms with van der Waals surface area (Å²) < 4.78 is 0. The standard InChI is InChI=1S/C8H17NO2/c9-7-1-3-8(11,4-2-7)5-6-10/h7,10-11H,1-6,9H2. The Morgan fingerprint density at radius 3 is 2.36 bits per heavy atom. The highest BCUT2D eigenvalue weighted by molar-refractivity contribution is 4.86. The smallest absolute Gasteiger partial charge is 0.0670 e. The Bertz CT molecular complexity index is 119. The molecule has 0 radical (unpaired) electrons. The van der Waals surface area contributed by atoms with Gasteiger partial charge in [0.2, 0.25) is 0 Å². The fraction of sp³-hybridized carbons (Fsp3) is 1.00. The van der Waals surface area contributed by atoms with Crippen LogP contribution in [0.5, 0.6) is 0 Å². The predicted molar refractivity (Wildman–Crippen MR) is 43.1 cm³/mol. The van der Waals surface area contributed by atoms with Crippen LogP contribution in [0.25, 0.3) is 0 Å². The maximum Gasteiger partial charge on any atom is 0.0670 e. The molecule has 0 unspecified atom stereocenters. The van der Waals surface area contributed by atoms with E-state index < -0.39 is 5.60 Å². The van der Waals surface area contributed by atoms with Gasteiger partial charge in [0.1, 0.15) is 0 Å². The van der Waals surface area contributed by atoms with E-state index in [9.17, 15) is 5.11 Å². The van der Waals surface area contributed by atoms with Crippen molar-refractivity contribution >= 4 is 0 Å². The molecule has 0 bridgehead atoms. The molecule has 0 aromatic heterocycles. The Hall–Kier alpha value is -0.120. The van der Waals surface area contributed by atoms with Gasteiger partial charge in [-0.3, -0.25) is 0 Å². The molecule has 0 aliphatic heterocycles. The van der Waals surface area contributed by atoms with Crippen molar-refractivity contribution < 1.29 is 10.2 Å². The van der Waals surface area contributed by atoms with Gasteiger partial charge in [0.25, 0.3) is 0 Å². The number of hydrogen-bond acceptors (Lipinski definition) is 3. The normalized spacial score (nSPS) is 39.0. The molecule has 1 aliphatic carbocycles. The first-order valence-corrected chi connectivity index (χ1v) is 4.25. The van der Waals surface area contributed by atoms with Crippen LogP contribution in [0.4, 0.5) is 0 Å². The van der Waals surface area contributed by atoms with Crippen LogP contribution in [-0.4, -0.2) is 28.5 Å². The quantitative estimate of drug-likeness (QED) is 0.531. The zero-order chi connectivity index (χ0) is 8.32. The molecule has 1 saturated carbocycles. The highest BCUT2D eigenvalue weighted by Crippen LogP contribution is 2.29. The summed E-state index contributed by atoms with van der Waals surface area (Å²) in [5.74, 6) is 0. The SMILES string of the molecule is NC1CCC(O)(CCO)CC1. The minimum atomic E-state index is -0.620. The van der Waals surface area contributed by atoms with E-state index in [4.69, 9.17) is 10.8 Å². The zero-order valence-corrected chi connectivity index (χ0v) is 6.79. The monoisotopic (exact) mass is 159 g/mol. The van der Waals surface area contributed by atoms with Gasteiger partial charge in [0.15, 0.2) is 0 Å². The van der Waals surface area contributed by atoms with Crippen molar-refractivity contribution in [3.63, 3.8) is 0 Å². The minimum Gasteiger partial charge on any atom is -0.396 e. The van der Waals surface area contributed by atoms with Crippen LogP contribution in [0, 0.1) is 0 Å². The third-order valence-corrected chi connectivity index (χ3v) is 2.54. The van der Waals surface area contributed by atoms with Crippen molar-refractivity contribution in [2.24, 2.45) is 5.73 Å². The fourth-order valence-corrected chi connectivity index (χ4v) is 1.64. The first kappa shape index (κ1) is 8.97. The minimum absolute atomic E-state index is 0.0751. The molecule has 0 aromatic rings. The average Bonchev–Trinajstić information content (AvgIpc) is 1.97. The van der Waals surface area contributed by atoms with Crippen molar-refractivity contribution in [2.75, 3.05) is 6.61 Å². The average molecular weight is 159 g/mol. The van der Waals surface area contributed by atoms with E-state index in [0.717, 1.165) is 25.7 Å². The van der Waals surface area contributed by atoms with E-state index in [-0.39, 0.29) is 12.6 Å². The van der Waals surface area contributed by atoms with Crippen LogP contribution in [0.2, 0.25) is 0 Å². The van der Waals surface area contributed by atoms with Crippen molar-refractivity contribution in [1.29, 1.82) is 0 Å². The lowest BCUT2D eigenvalue weighted by Gasteiger charge is -2.34. The van der Waals surface area contributed by atoms with Crippen LogP contribution < -0.4 is 5.73 Å². The van der Waals surface area contributed by atoms with Gasteiger partial charge in [-0.1, -0.05) is 0 Å². The highest BCUT2D eigenvalue weighted by atomic mass is 16.3. The van der Waals surface area contributed by atoms with Crippen molar-refractivity contribution in [1.82, 2.24) is 0 Å². The highest BCUT2D eigenvalue weighted by Gasteiger charge is 2.30. The summed E-state index contributed by atoms with van der Waals surface area (Å²) in [5.41, 5.74) is 5.06. The fourth-order valence-electron chi connectivity index (χ4n) is 1.64. The summed E-state index contributed by atoms with van der Waals surface area (Å²) in [7, 11) is 0. The number of rotatable bonds is 2. The van der Waals surface area contributed by atoms with E-state index in [1.54, 1.807) is 0 Å². The molecular formula is C8H17NO2. The summed E-state index contributed by atoms with van der Waals surface area (Å²) in [5, 5.41) is 18.4. The molecule has 0 heterocycles. The third kappa shape index (κ3) is 2.43. The van der Waals surface area contributed by atoms with Gasteiger partial charge in [-0.2, -0.15) is 0 Å². The molecule has 0 saturated heterocycles. The van der Waals surface area contributed by atoms with Crippen LogP contribution in [0.1, 0.15) is 32.1 Å². The maximum atomic E-state index is 9.77. The van der Waals surface area contributed by atoms with Crippen LogP contribution in [0.15, 0.2) is 0 Å². The van der Waals surface area contributed by atoms with Gasteiger partial charge in [0, 0.05) is 12.6 Å². The molecule has 0 aromatic carbocycles. The molecule has 3 nitrogen and oxygen atoms in total. The molecule has 66 valence electrons. The molecule has 0 amide bonds. The number of nitrogens with two attached hydrogens (primary N) is 1. The number of aliphatic hydroxyl groups excluding tert-OH is 1.